The Kier molecular flexibility index (Phi) is 3.46. The van der Waals surface area contributed by atoms with Crippen LogP contribution in [0.25, 0.3) is 0 Å². The van der Waals surface area contributed by atoms with Crippen molar-refractivity contribution in [2.45, 2.75) is 0 Å². The van der Waals surface area contributed by atoms with E-state index in [4.69, 9.17) is 5.73 Å². The number of nitro benzene ring substituents is 1. The van der Waals surface area contributed by atoms with Gasteiger partial charge in [0.25, 0.3) is 11.6 Å². The van der Waals surface area contributed by atoms with E-state index < -0.39 is 33.6 Å². The molecule has 0 aliphatic rings. The zero-order chi connectivity index (χ0) is 14.7. The topological polar surface area (TPSA) is 137 Å². The van der Waals surface area contributed by atoms with E-state index in [1.807, 2.05) is 0 Å². The Labute approximate surface area is 110 Å². The molecule has 0 unspecified atom stereocenters. The Balaban J connectivity index is 2.39. The quantitative estimate of drug-likeness (QED) is 0.480. The van der Waals surface area contributed by atoms with Crippen molar-refractivity contribution in [3.8, 4) is 0 Å². The lowest BCUT2D eigenvalue weighted by molar-refractivity contribution is -0.384. The van der Waals surface area contributed by atoms with E-state index in [0.29, 0.717) is 0 Å². The molecule has 1 aromatic carbocycles. The van der Waals surface area contributed by atoms with E-state index in [2.05, 4.69) is 20.5 Å². The summed E-state index contributed by atoms with van der Waals surface area (Å²) in [7, 11) is 0. The molecule has 1 amide bonds. The Morgan fingerprint density at radius 1 is 1.40 bits per heavy atom. The highest BCUT2D eigenvalue weighted by Gasteiger charge is 2.24. The standard InChI is InChI=1S/C10H7FN6O3/c11-5-1-2-6(17(19)20)8(12)7(5)9(18)15-10-13-3-4-14-16-10/h1-4H,12H2,(H,13,15,16,18). The first kappa shape index (κ1) is 13.3. The highest BCUT2D eigenvalue weighted by molar-refractivity contribution is 6.08. The second-order valence-electron chi connectivity index (χ2n) is 3.53. The Morgan fingerprint density at radius 3 is 2.75 bits per heavy atom. The van der Waals surface area contributed by atoms with E-state index >= 15 is 0 Å². The molecule has 0 atom stereocenters. The van der Waals surface area contributed by atoms with Crippen molar-refractivity contribution in [3.63, 3.8) is 0 Å². The van der Waals surface area contributed by atoms with Gasteiger partial charge in [-0.25, -0.2) is 9.37 Å². The lowest BCUT2D eigenvalue weighted by Crippen LogP contribution is -2.18. The average molecular weight is 278 g/mol. The number of aromatic nitrogens is 3. The first-order valence-corrected chi connectivity index (χ1v) is 5.18. The van der Waals surface area contributed by atoms with Crippen molar-refractivity contribution in [2.24, 2.45) is 0 Å². The largest absolute Gasteiger partial charge is 0.392 e. The third-order valence-electron chi connectivity index (χ3n) is 2.30. The molecule has 1 aromatic heterocycles. The van der Waals surface area contributed by atoms with Gasteiger partial charge >= 0.3 is 0 Å². The third kappa shape index (κ3) is 2.48. The number of nitrogen functional groups attached to an aromatic ring is 1. The van der Waals surface area contributed by atoms with Gasteiger partial charge in [-0.2, -0.15) is 5.10 Å². The fraction of sp³-hybridized carbons (Fsp3) is 0. The summed E-state index contributed by atoms with van der Waals surface area (Å²) < 4.78 is 13.6. The number of anilines is 2. The van der Waals surface area contributed by atoms with E-state index in [-0.39, 0.29) is 5.95 Å². The van der Waals surface area contributed by atoms with Gasteiger partial charge in [-0.15, -0.1) is 5.10 Å². The first-order valence-electron chi connectivity index (χ1n) is 5.18. The molecular formula is C10H7FN6O3. The van der Waals surface area contributed by atoms with Gasteiger partial charge in [-0.1, -0.05) is 0 Å². The summed E-state index contributed by atoms with van der Waals surface area (Å²) in [5.41, 5.74) is 3.66. The minimum atomic E-state index is -1.00. The Bertz CT molecular complexity index is 678. The van der Waals surface area contributed by atoms with Crippen LogP contribution in [0.15, 0.2) is 24.5 Å². The predicted molar refractivity (Wildman–Crippen MR) is 65.2 cm³/mol. The number of halogens is 1. The van der Waals surface area contributed by atoms with Crippen molar-refractivity contribution in [1.82, 2.24) is 15.2 Å². The predicted octanol–water partition coefficient (Wildman–Crippen LogP) is 0.753. The maximum atomic E-state index is 13.6. The lowest BCUT2D eigenvalue weighted by atomic mass is 10.1. The van der Waals surface area contributed by atoms with Gasteiger partial charge in [0.1, 0.15) is 17.1 Å². The highest BCUT2D eigenvalue weighted by atomic mass is 19.1. The van der Waals surface area contributed by atoms with Crippen LogP contribution in [0.5, 0.6) is 0 Å². The number of carbonyl (C=O) groups is 1. The summed E-state index contributed by atoms with van der Waals surface area (Å²) in [5.74, 6) is -2.17. The third-order valence-corrected chi connectivity index (χ3v) is 2.30. The van der Waals surface area contributed by atoms with Gasteiger partial charge < -0.3 is 5.73 Å². The minimum Gasteiger partial charge on any atom is -0.392 e. The first-order chi connectivity index (χ1) is 9.50. The lowest BCUT2D eigenvalue weighted by Gasteiger charge is -2.07. The zero-order valence-electron chi connectivity index (χ0n) is 9.78. The number of nitro groups is 1. The fourth-order valence-electron chi connectivity index (χ4n) is 1.44. The molecule has 0 radical (unpaired) electrons. The normalized spacial score (nSPS) is 10.1. The summed E-state index contributed by atoms with van der Waals surface area (Å²) in [4.78, 5) is 25.4. The average Bonchev–Trinajstić information content (AvgIpc) is 2.39. The van der Waals surface area contributed by atoms with Crippen molar-refractivity contribution >= 4 is 23.2 Å². The summed E-state index contributed by atoms with van der Waals surface area (Å²) >= 11 is 0. The van der Waals surface area contributed by atoms with Crippen LogP contribution in [0, 0.1) is 15.9 Å². The van der Waals surface area contributed by atoms with Gasteiger partial charge in [0.2, 0.25) is 5.95 Å². The second-order valence-corrected chi connectivity index (χ2v) is 3.53. The SMILES string of the molecule is Nc1c([N+](=O)[O-])ccc(F)c1C(=O)Nc1nccnn1. The number of benzene rings is 1. The second kappa shape index (κ2) is 5.22. The molecule has 1 heterocycles. The van der Waals surface area contributed by atoms with Crippen molar-refractivity contribution < 1.29 is 14.1 Å². The molecule has 0 spiro atoms. The molecule has 0 saturated carbocycles. The van der Waals surface area contributed by atoms with Crippen molar-refractivity contribution in [3.05, 3.63) is 46.0 Å². The number of nitrogens with one attached hydrogen (secondary N) is 1. The number of nitrogens with zero attached hydrogens (tertiary/aromatic N) is 4. The molecule has 2 rings (SSSR count). The van der Waals surface area contributed by atoms with E-state index in [9.17, 15) is 19.3 Å². The molecule has 10 heteroatoms. The molecular weight excluding hydrogens is 271 g/mol. The van der Waals surface area contributed by atoms with Crippen LogP contribution in [0.3, 0.4) is 0 Å². The zero-order valence-corrected chi connectivity index (χ0v) is 9.78. The molecule has 0 fully saturated rings. The van der Waals surface area contributed by atoms with Gasteiger partial charge in [0.05, 0.1) is 17.3 Å². The maximum absolute atomic E-state index is 13.6. The molecule has 2 aromatic rings. The molecule has 9 nitrogen and oxygen atoms in total. The van der Waals surface area contributed by atoms with E-state index in [0.717, 1.165) is 12.1 Å². The Morgan fingerprint density at radius 2 is 2.15 bits per heavy atom. The molecule has 0 aliphatic heterocycles. The molecule has 102 valence electrons. The number of carbonyl (C=O) groups excluding carboxylic acids is 1. The van der Waals surface area contributed by atoms with Gasteiger partial charge in [-0.05, 0) is 6.07 Å². The van der Waals surface area contributed by atoms with Gasteiger partial charge in [0.15, 0.2) is 0 Å². The summed E-state index contributed by atoms with van der Waals surface area (Å²) in [6, 6.07) is 1.66. The summed E-state index contributed by atoms with van der Waals surface area (Å²) in [6.07, 6.45) is 2.54. The van der Waals surface area contributed by atoms with Gasteiger partial charge in [0, 0.05) is 6.07 Å². The number of nitrogens with two attached hydrogens (primary N) is 1. The molecule has 20 heavy (non-hydrogen) atoms. The monoisotopic (exact) mass is 278 g/mol. The van der Waals surface area contributed by atoms with E-state index in [1.54, 1.807) is 0 Å². The Hall–Kier alpha value is -3.17. The maximum Gasteiger partial charge on any atom is 0.293 e. The molecule has 0 bridgehead atoms. The minimum absolute atomic E-state index is 0.178. The molecule has 0 aliphatic carbocycles. The van der Waals surface area contributed by atoms with E-state index in [1.165, 1.54) is 12.4 Å². The van der Waals surface area contributed by atoms with Gasteiger partial charge in [-0.3, -0.25) is 20.2 Å². The van der Waals surface area contributed by atoms with Crippen LogP contribution < -0.4 is 11.1 Å². The smallest absolute Gasteiger partial charge is 0.293 e. The van der Waals surface area contributed by atoms with Crippen LogP contribution in [0.1, 0.15) is 10.4 Å². The van der Waals surface area contributed by atoms with Crippen molar-refractivity contribution in [1.29, 1.82) is 0 Å². The van der Waals surface area contributed by atoms with Crippen LogP contribution in [0.2, 0.25) is 0 Å². The van der Waals surface area contributed by atoms with Crippen LogP contribution in [-0.4, -0.2) is 26.0 Å². The van der Waals surface area contributed by atoms with Crippen molar-refractivity contribution in [2.75, 3.05) is 11.1 Å². The van der Waals surface area contributed by atoms with Crippen LogP contribution >= 0.6 is 0 Å². The molecule has 0 saturated heterocycles. The number of hydrogen-bond acceptors (Lipinski definition) is 7. The summed E-state index contributed by atoms with van der Waals surface area (Å²) in [5, 5.41) is 19.8. The summed E-state index contributed by atoms with van der Waals surface area (Å²) in [6.45, 7) is 0. The molecule has 3 N–H and O–H groups in total. The highest BCUT2D eigenvalue weighted by Crippen LogP contribution is 2.27. The number of hydrogen-bond donors (Lipinski definition) is 2. The fourth-order valence-corrected chi connectivity index (χ4v) is 1.44. The number of rotatable bonds is 3. The van der Waals surface area contributed by atoms with Crippen LogP contribution in [-0.2, 0) is 0 Å². The number of amides is 1. The van der Waals surface area contributed by atoms with Crippen LogP contribution in [0.4, 0.5) is 21.7 Å².